The van der Waals surface area contributed by atoms with E-state index in [1.165, 1.54) is 30.5 Å². The van der Waals surface area contributed by atoms with Gasteiger partial charge in [0.15, 0.2) is 11.6 Å². The topological polar surface area (TPSA) is 89.5 Å². The molecule has 3 aromatic rings. The molecule has 2 amide bonds. The highest BCUT2D eigenvalue weighted by Gasteiger charge is 2.12. The Bertz CT molecular complexity index is 1020. The molecular formula is C20H16FN3O4. The van der Waals surface area contributed by atoms with Crippen molar-refractivity contribution in [1.82, 2.24) is 10.3 Å². The predicted molar refractivity (Wildman–Crippen MR) is 100 cm³/mol. The summed E-state index contributed by atoms with van der Waals surface area (Å²) in [4.78, 5) is 27.5. The molecule has 0 unspecified atom stereocenters. The Balaban J connectivity index is 1.66. The first kappa shape index (κ1) is 17.5. The number of halogens is 1. The number of anilines is 1. The molecule has 0 aliphatic carbocycles. The lowest BCUT2D eigenvalue weighted by atomic mass is 10.3. The van der Waals surface area contributed by atoms with Gasteiger partial charge in [-0.15, -0.1) is 0 Å². The van der Waals surface area contributed by atoms with E-state index in [0.29, 0.717) is 5.69 Å². The molecule has 0 saturated carbocycles. The standard InChI is InChI=1S/C20H16FN3O4/c1-22-19(25)17-12-15(9-10-23-17)27-14-7-8-18(16(21)11-14)28-20(26)24-13-5-3-2-4-6-13/h2-12H,1H3,(H,22,25)(H,24,26)/i1D. The number of amides is 2. The van der Waals surface area contributed by atoms with Crippen molar-refractivity contribution in [1.29, 1.82) is 0 Å². The van der Waals surface area contributed by atoms with Crippen LogP contribution in [0, 0.1) is 5.82 Å². The number of ether oxygens (including phenoxy) is 2. The van der Waals surface area contributed by atoms with E-state index in [1.54, 1.807) is 30.3 Å². The zero-order chi connectivity index (χ0) is 20.6. The van der Waals surface area contributed by atoms with Crippen molar-refractivity contribution < 1.29 is 24.8 Å². The van der Waals surface area contributed by atoms with Crippen LogP contribution >= 0.6 is 0 Å². The fourth-order valence-corrected chi connectivity index (χ4v) is 2.22. The summed E-state index contributed by atoms with van der Waals surface area (Å²) in [6.07, 6.45) is 0.526. The minimum absolute atomic E-state index is 0.0627. The second kappa shape index (κ2) is 8.63. The highest BCUT2D eigenvalue weighted by Crippen LogP contribution is 2.27. The maximum Gasteiger partial charge on any atom is 0.417 e. The third-order valence-corrected chi connectivity index (χ3v) is 3.49. The number of rotatable bonds is 5. The average molecular weight is 382 g/mol. The molecule has 8 heteroatoms. The van der Waals surface area contributed by atoms with Crippen molar-refractivity contribution in [3.63, 3.8) is 0 Å². The van der Waals surface area contributed by atoms with Crippen molar-refractivity contribution in [3.8, 4) is 17.2 Å². The summed E-state index contributed by atoms with van der Waals surface area (Å²) in [5.41, 5.74) is 0.577. The number of carbonyl (C=O) groups is 2. The van der Waals surface area contributed by atoms with E-state index in [2.05, 4.69) is 15.6 Å². The molecule has 3 rings (SSSR count). The van der Waals surface area contributed by atoms with E-state index in [-0.39, 0.29) is 30.0 Å². The van der Waals surface area contributed by atoms with Crippen LogP contribution in [-0.2, 0) is 0 Å². The van der Waals surface area contributed by atoms with E-state index < -0.39 is 17.8 Å². The third-order valence-electron chi connectivity index (χ3n) is 3.49. The van der Waals surface area contributed by atoms with Gasteiger partial charge in [0.2, 0.25) is 0 Å². The highest BCUT2D eigenvalue weighted by molar-refractivity contribution is 5.92. The van der Waals surface area contributed by atoms with E-state index in [0.717, 1.165) is 6.07 Å². The Morgan fingerprint density at radius 1 is 1.07 bits per heavy atom. The Morgan fingerprint density at radius 2 is 1.86 bits per heavy atom. The minimum Gasteiger partial charge on any atom is -0.457 e. The number of para-hydroxylation sites is 1. The molecule has 0 aliphatic heterocycles. The molecule has 2 N–H and O–H groups in total. The van der Waals surface area contributed by atoms with Gasteiger partial charge in [0.1, 0.15) is 17.2 Å². The fourth-order valence-electron chi connectivity index (χ4n) is 2.22. The summed E-state index contributed by atoms with van der Waals surface area (Å²) < 4.78 is 31.8. The van der Waals surface area contributed by atoms with Crippen LogP contribution in [0.25, 0.3) is 0 Å². The lowest BCUT2D eigenvalue weighted by Crippen LogP contribution is -2.18. The van der Waals surface area contributed by atoms with Gasteiger partial charge >= 0.3 is 6.09 Å². The Morgan fingerprint density at radius 3 is 2.61 bits per heavy atom. The maximum atomic E-state index is 14.3. The van der Waals surface area contributed by atoms with E-state index >= 15 is 0 Å². The zero-order valence-electron chi connectivity index (χ0n) is 15.5. The summed E-state index contributed by atoms with van der Waals surface area (Å²) in [5.74, 6) is -1.20. The number of aromatic nitrogens is 1. The van der Waals surface area contributed by atoms with Crippen molar-refractivity contribution in [2.45, 2.75) is 0 Å². The number of benzene rings is 2. The highest BCUT2D eigenvalue weighted by atomic mass is 19.1. The lowest BCUT2D eigenvalue weighted by Gasteiger charge is -2.10. The number of hydrogen-bond donors (Lipinski definition) is 2. The summed E-state index contributed by atoms with van der Waals surface area (Å²) in [5, 5.41) is 4.78. The molecule has 0 bridgehead atoms. The van der Waals surface area contributed by atoms with Crippen molar-refractivity contribution >= 4 is 17.7 Å². The largest absolute Gasteiger partial charge is 0.457 e. The molecule has 142 valence electrons. The molecular weight excluding hydrogens is 365 g/mol. The molecule has 0 radical (unpaired) electrons. The molecule has 0 atom stereocenters. The maximum absolute atomic E-state index is 14.3. The van der Waals surface area contributed by atoms with Gasteiger partial charge < -0.3 is 14.8 Å². The first-order valence-electron chi connectivity index (χ1n) is 8.80. The molecule has 0 aliphatic rings. The van der Waals surface area contributed by atoms with Crippen molar-refractivity contribution in [3.05, 3.63) is 78.4 Å². The summed E-state index contributed by atoms with van der Waals surface area (Å²) in [7, 11) is -0.282. The molecule has 0 fully saturated rings. The molecule has 1 heterocycles. The number of nitrogens with zero attached hydrogens (tertiary/aromatic N) is 1. The van der Waals surface area contributed by atoms with E-state index in [1.807, 2.05) is 0 Å². The van der Waals surface area contributed by atoms with Gasteiger partial charge in [-0.2, -0.15) is 0 Å². The van der Waals surface area contributed by atoms with Crippen LogP contribution in [0.3, 0.4) is 0 Å². The monoisotopic (exact) mass is 382 g/mol. The van der Waals surface area contributed by atoms with Crippen LogP contribution in [0.4, 0.5) is 14.9 Å². The van der Waals surface area contributed by atoms with Gasteiger partial charge in [0.25, 0.3) is 5.91 Å². The summed E-state index contributed by atoms with van der Waals surface area (Å²) >= 11 is 0. The Hall–Kier alpha value is -3.94. The number of pyridine rings is 1. The van der Waals surface area contributed by atoms with Crippen LogP contribution in [0.1, 0.15) is 11.9 Å². The second-order valence-electron chi connectivity index (χ2n) is 5.46. The third kappa shape index (κ3) is 4.82. The van der Waals surface area contributed by atoms with Gasteiger partial charge in [0, 0.05) is 32.4 Å². The second-order valence-corrected chi connectivity index (χ2v) is 5.46. The number of carbonyl (C=O) groups excluding carboxylic acids is 2. The molecule has 0 saturated heterocycles. The Labute approximate surface area is 161 Å². The van der Waals surface area contributed by atoms with Crippen LogP contribution < -0.4 is 20.1 Å². The number of nitrogens with one attached hydrogen (secondary N) is 2. The molecule has 1 aromatic heterocycles. The normalized spacial score (nSPS) is 10.5. The van der Waals surface area contributed by atoms with Gasteiger partial charge in [-0.25, -0.2) is 9.18 Å². The van der Waals surface area contributed by atoms with Crippen molar-refractivity contribution in [2.24, 2.45) is 0 Å². The average Bonchev–Trinajstić information content (AvgIpc) is 2.71. The fraction of sp³-hybridized carbons (Fsp3) is 0.0500. The van der Waals surface area contributed by atoms with E-state index in [4.69, 9.17) is 10.8 Å². The molecule has 7 nitrogen and oxygen atoms in total. The van der Waals surface area contributed by atoms with Crippen LogP contribution in [0.2, 0.25) is 0 Å². The minimum atomic E-state index is -0.831. The van der Waals surface area contributed by atoms with E-state index in [9.17, 15) is 14.0 Å². The van der Waals surface area contributed by atoms with Gasteiger partial charge in [-0.05, 0) is 30.3 Å². The summed E-state index contributed by atoms with van der Waals surface area (Å²) in [6.45, 7) is 0. The van der Waals surface area contributed by atoms with Crippen LogP contribution in [0.5, 0.6) is 17.2 Å². The van der Waals surface area contributed by atoms with Gasteiger partial charge in [0.05, 0.1) is 0 Å². The zero-order valence-corrected chi connectivity index (χ0v) is 14.5. The lowest BCUT2D eigenvalue weighted by molar-refractivity contribution is 0.0957. The first-order chi connectivity index (χ1) is 14.0. The molecule has 28 heavy (non-hydrogen) atoms. The molecule has 2 aromatic carbocycles. The van der Waals surface area contributed by atoms with Gasteiger partial charge in [-0.3, -0.25) is 15.1 Å². The smallest absolute Gasteiger partial charge is 0.417 e. The van der Waals surface area contributed by atoms with Crippen LogP contribution in [-0.4, -0.2) is 24.0 Å². The summed E-state index contributed by atoms with van der Waals surface area (Å²) in [6, 6.07) is 15.2. The first-order valence-corrected chi connectivity index (χ1v) is 8.10. The molecule has 0 spiro atoms. The van der Waals surface area contributed by atoms with Crippen LogP contribution in [0.15, 0.2) is 66.9 Å². The Kier molecular flexibility index (Phi) is 5.39. The SMILES string of the molecule is [2H]CNC(=O)c1cc(Oc2ccc(OC(=O)Nc3ccccc3)c(F)c2)ccn1. The van der Waals surface area contributed by atoms with Crippen molar-refractivity contribution in [2.75, 3.05) is 12.3 Å². The predicted octanol–water partition coefficient (Wildman–Crippen LogP) is 3.98. The van der Waals surface area contributed by atoms with Gasteiger partial charge in [-0.1, -0.05) is 18.2 Å². The number of hydrogen-bond acceptors (Lipinski definition) is 5. The quantitative estimate of drug-likeness (QED) is 0.697.